The Morgan fingerprint density at radius 2 is 2.03 bits per heavy atom. The van der Waals surface area contributed by atoms with Crippen LogP contribution in [0.3, 0.4) is 0 Å². The predicted octanol–water partition coefficient (Wildman–Crippen LogP) is 2.37. The lowest BCUT2D eigenvalue weighted by Gasteiger charge is -2.22. The molecule has 0 unspecified atom stereocenters. The van der Waals surface area contributed by atoms with Crippen LogP contribution in [0, 0.1) is 0 Å². The molecule has 7 nitrogen and oxygen atoms in total. The van der Waals surface area contributed by atoms with Gasteiger partial charge in [-0.15, -0.1) is 17.9 Å². The van der Waals surface area contributed by atoms with Crippen molar-refractivity contribution in [3.05, 3.63) is 95.8 Å². The van der Waals surface area contributed by atoms with E-state index in [2.05, 4.69) is 11.6 Å². The van der Waals surface area contributed by atoms with Crippen molar-refractivity contribution in [1.82, 2.24) is 4.57 Å². The van der Waals surface area contributed by atoms with E-state index >= 15 is 0 Å². The molecular weight excluding hydrogens is 458 g/mol. The maximum Gasteiger partial charge on any atom is 0.338 e. The minimum absolute atomic E-state index is 0.252. The van der Waals surface area contributed by atoms with Crippen LogP contribution in [0.1, 0.15) is 23.4 Å². The summed E-state index contributed by atoms with van der Waals surface area (Å²) in [6.45, 7) is 5.82. The Labute approximate surface area is 196 Å². The zero-order chi connectivity index (χ0) is 23.3. The number of methoxy groups -OCH3 is 1. The van der Waals surface area contributed by atoms with Crippen LogP contribution in [0.5, 0.6) is 0 Å². The van der Waals surface area contributed by atoms with Gasteiger partial charge in [0.1, 0.15) is 10.6 Å². The number of nitrogens with zero attached hydrogens (tertiary/aromatic N) is 3. The molecule has 0 saturated carbocycles. The number of para-hydroxylation sites is 1. The molecule has 0 N–H and O–H groups in total. The molecule has 2 aliphatic rings. The van der Waals surface area contributed by atoms with Crippen LogP contribution in [0.2, 0.25) is 0 Å². The van der Waals surface area contributed by atoms with Crippen LogP contribution in [-0.4, -0.2) is 30.1 Å². The molecule has 1 amide bonds. The van der Waals surface area contributed by atoms with Gasteiger partial charge in [0.15, 0.2) is 4.80 Å². The third kappa shape index (κ3) is 3.15. The van der Waals surface area contributed by atoms with Crippen LogP contribution in [0.15, 0.2) is 75.5 Å². The second-order valence-electron chi connectivity index (χ2n) is 7.51. The van der Waals surface area contributed by atoms with Crippen molar-refractivity contribution in [2.45, 2.75) is 13.0 Å². The van der Waals surface area contributed by atoms with Gasteiger partial charge in [-0.05, 0) is 24.4 Å². The standard InChI is InChI=1S/C24H19N3O4S2/c1-4-11-26-15-9-6-5-8-14(15)18(21(26)28)20-22(29)27-19(16-10-7-12-32-16)17(23(30)31-3)13(2)25-24(27)33-20/h4-10,12,19H,1,11H2,2-3H3/b20-18-/t19-/m1/s1. The van der Waals surface area contributed by atoms with Crippen LogP contribution >= 0.6 is 22.7 Å². The third-order valence-corrected chi connectivity index (χ3v) is 7.66. The fourth-order valence-corrected chi connectivity index (χ4v) is 6.23. The number of amides is 1. The molecule has 0 bridgehead atoms. The molecule has 5 rings (SSSR count). The van der Waals surface area contributed by atoms with Gasteiger partial charge in [-0.3, -0.25) is 14.2 Å². The Kier molecular flexibility index (Phi) is 5.22. The Morgan fingerprint density at radius 3 is 2.73 bits per heavy atom. The number of esters is 1. The summed E-state index contributed by atoms with van der Waals surface area (Å²) < 4.78 is 6.82. The van der Waals surface area contributed by atoms with E-state index in [0.717, 1.165) is 21.9 Å². The van der Waals surface area contributed by atoms with E-state index in [4.69, 9.17) is 4.74 Å². The van der Waals surface area contributed by atoms with Crippen molar-refractivity contribution < 1.29 is 14.3 Å². The largest absolute Gasteiger partial charge is 0.466 e. The lowest BCUT2D eigenvalue weighted by Crippen LogP contribution is -2.40. The molecule has 0 spiro atoms. The van der Waals surface area contributed by atoms with Gasteiger partial charge in [-0.25, -0.2) is 9.79 Å². The summed E-state index contributed by atoms with van der Waals surface area (Å²) in [4.78, 5) is 47.3. The number of carbonyl (C=O) groups is 2. The smallest absolute Gasteiger partial charge is 0.338 e. The summed E-state index contributed by atoms with van der Waals surface area (Å²) in [5.41, 5.74) is 2.24. The third-order valence-electron chi connectivity index (χ3n) is 5.68. The fourth-order valence-electron chi connectivity index (χ4n) is 4.27. The van der Waals surface area contributed by atoms with Crippen molar-refractivity contribution in [3.8, 4) is 0 Å². The first-order chi connectivity index (χ1) is 16.0. The Morgan fingerprint density at radius 1 is 1.24 bits per heavy atom. The summed E-state index contributed by atoms with van der Waals surface area (Å²) in [5.74, 6) is -0.787. The number of ether oxygens (including phenoxy) is 1. The second-order valence-corrected chi connectivity index (χ2v) is 9.46. The van der Waals surface area contributed by atoms with Gasteiger partial charge < -0.3 is 9.64 Å². The number of hydrogen-bond acceptors (Lipinski definition) is 7. The molecule has 33 heavy (non-hydrogen) atoms. The molecular formula is C24H19N3O4S2. The number of thiophene rings is 1. The highest BCUT2D eigenvalue weighted by molar-refractivity contribution is 7.10. The number of benzene rings is 1. The molecule has 166 valence electrons. The maximum absolute atomic E-state index is 13.8. The Hall–Kier alpha value is -3.56. The molecule has 1 aromatic carbocycles. The molecule has 0 radical (unpaired) electrons. The van der Waals surface area contributed by atoms with Crippen molar-refractivity contribution in [3.63, 3.8) is 0 Å². The summed E-state index contributed by atoms with van der Waals surface area (Å²) in [5, 5.41) is 1.89. The molecule has 1 atom stereocenters. The quantitative estimate of drug-likeness (QED) is 0.427. The molecule has 0 fully saturated rings. The van der Waals surface area contributed by atoms with Crippen LogP contribution in [0.25, 0.3) is 5.57 Å². The lowest BCUT2D eigenvalue weighted by molar-refractivity contribution is -0.136. The first-order valence-electron chi connectivity index (χ1n) is 10.2. The minimum Gasteiger partial charge on any atom is -0.466 e. The van der Waals surface area contributed by atoms with Gasteiger partial charge in [0, 0.05) is 17.0 Å². The van der Waals surface area contributed by atoms with Crippen LogP contribution in [-0.2, 0) is 14.3 Å². The van der Waals surface area contributed by atoms with Crippen molar-refractivity contribution >= 4 is 45.8 Å². The van der Waals surface area contributed by atoms with Crippen LogP contribution < -0.4 is 19.8 Å². The van der Waals surface area contributed by atoms with E-state index in [0.29, 0.717) is 38.3 Å². The van der Waals surface area contributed by atoms with Gasteiger partial charge in [0.2, 0.25) is 0 Å². The summed E-state index contributed by atoms with van der Waals surface area (Å²) in [6, 6.07) is 10.5. The monoisotopic (exact) mass is 477 g/mol. The first-order valence-corrected chi connectivity index (χ1v) is 11.9. The van der Waals surface area contributed by atoms with Crippen molar-refractivity contribution in [2.24, 2.45) is 4.99 Å². The van der Waals surface area contributed by atoms with E-state index in [1.807, 2.05) is 41.8 Å². The molecule has 2 aromatic heterocycles. The highest BCUT2D eigenvalue weighted by Crippen LogP contribution is 2.36. The zero-order valence-electron chi connectivity index (χ0n) is 17.9. The van der Waals surface area contributed by atoms with E-state index in [9.17, 15) is 14.4 Å². The number of carbonyl (C=O) groups excluding carboxylic acids is 2. The average Bonchev–Trinajstić information content (AvgIpc) is 3.51. The Bertz CT molecular complexity index is 1530. The number of hydrogen-bond donors (Lipinski definition) is 0. The SMILES string of the molecule is C=CCN1C(=O)/C(=c2\sc3n(c2=O)[C@H](c2cccs2)C(C(=O)OC)=C(C)N=3)c2ccccc21. The molecule has 2 aliphatic heterocycles. The first kappa shape index (κ1) is 21.3. The van der Waals surface area contributed by atoms with Crippen molar-refractivity contribution in [1.29, 1.82) is 0 Å². The molecule has 0 saturated heterocycles. The van der Waals surface area contributed by atoms with Gasteiger partial charge >= 0.3 is 5.97 Å². The van der Waals surface area contributed by atoms with Gasteiger partial charge in [0.25, 0.3) is 11.5 Å². The van der Waals surface area contributed by atoms with E-state index < -0.39 is 12.0 Å². The van der Waals surface area contributed by atoms with E-state index in [1.54, 1.807) is 17.9 Å². The molecule has 4 heterocycles. The zero-order valence-corrected chi connectivity index (χ0v) is 19.5. The van der Waals surface area contributed by atoms with E-state index in [-0.39, 0.29) is 11.5 Å². The topological polar surface area (TPSA) is 81.0 Å². The fraction of sp³-hybridized carbons (Fsp3) is 0.167. The molecule has 9 heteroatoms. The van der Waals surface area contributed by atoms with Gasteiger partial charge in [-0.2, -0.15) is 0 Å². The summed E-state index contributed by atoms with van der Waals surface area (Å²) in [6.07, 6.45) is 1.65. The molecule has 0 aliphatic carbocycles. The maximum atomic E-state index is 13.8. The van der Waals surface area contributed by atoms with E-state index in [1.165, 1.54) is 23.0 Å². The predicted molar refractivity (Wildman–Crippen MR) is 128 cm³/mol. The Balaban J connectivity index is 1.84. The number of allylic oxidation sites excluding steroid dienone is 1. The van der Waals surface area contributed by atoms with Crippen molar-refractivity contribution in [2.75, 3.05) is 18.6 Å². The summed E-state index contributed by atoms with van der Waals surface area (Å²) in [7, 11) is 1.31. The van der Waals surface area contributed by atoms with Gasteiger partial charge in [-0.1, -0.05) is 41.7 Å². The lowest BCUT2D eigenvalue weighted by atomic mass is 10.0. The normalized spacial score (nSPS) is 18.7. The number of aromatic nitrogens is 1. The second kappa shape index (κ2) is 8.09. The minimum atomic E-state index is -0.668. The highest BCUT2D eigenvalue weighted by Gasteiger charge is 2.37. The number of fused-ring (bicyclic) bond motifs is 2. The summed E-state index contributed by atoms with van der Waals surface area (Å²) >= 11 is 2.61. The highest BCUT2D eigenvalue weighted by atomic mass is 32.1. The number of thiazole rings is 1. The molecule has 3 aromatic rings. The average molecular weight is 478 g/mol. The number of anilines is 1. The number of rotatable bonds is 4. The van der Waals surface area contributed by atoms with Crippen LogP contribution in [0.4, 0.5) is 5.69 Å². The van der Waals surface area contributed by atoms with Gasteiger partial charge in [0.05, 0.1) is 29.6 Å².